The first-order valence-electron chi connectivity index (χ1n) is 13.5. The molecule has 0 heterocycles. The number of amides is 3. The summed E-state index contributed by atoms with van der Waals surface area (Å²) in [5.74, 6) is -0.282. The Morgan fingerprint density at radius 2 is 1.72 bits per heavy atom. The Kier molecular flexibility index (Phi) is 10.8. The van der Waals surface area contributed by atoms with Gasteiger partial charge in [-0.3, -0.25) is 9.59 Å². The molecule has 7 heteroatoms. The number of hydrogen-bond donors (Lipinski definition) is 2. The van der Waals surface area contributed by atoms with Crippen LogP contribution in [0, 0.1) is 19.8 Å². The summed E-state index contributed by atoms with van der Waals surface area (Å²) in [6.45, 7) is 15.6. The maximum Gasteiger partial charge on any atom is 0.408 e. The van der Waals surface area contributed by atoms with Crippen molar-refractivity contribution in [1.29, 1.82) is 0 Å². The van der Waals surface area contributed by atoms with E-state index in [1.165, 1.54) is 6.42 Å². The third-order valence-electron chi connectivity index (χ3n) is 6.77. The second-order valence-electron chi connectivity index (χ2n) is 11.5. The van der Waals surface area contributed by atoms with Crippen molar-refractivity contribution < 1.29 is 19.1 Å². The fourth-order valence-electron chi connectivity index (χ4n) is 4.86. The van der Waals surface area contributed by atoms with E-state index in [1.807, 2.05) is 52.8 Å². The van der Waals surface area contributed by atoms with Gasteiger partial charge in [-0.05, 0) is 83.4 Å². The molecule has 2 N–H and O–H groups in total. The van der Waals surface area contributed by atoms with Gasteiger partial charge in [-0.25, -0.2) is 4.79 Å². The molecule has 3 amide bonds. The number of benzene rings is 1. The smallest absolute Gasteiger partial charge is 0.408 e. The minimum atomic E-state index is -0.796. The first-order valence-corrected chi connectivity index (χ1v) is 13.5. The van der Waals surface area contributed by atoms with E-state index in [2.05, 4.69) is 10.6 Å². The first-order chi connectivity index (χ1) is 16.8. The number of hydrogen-bond acceptors (Lipinski definition) is 4. The van der Waals surface area contributed by atoms with Crippen molar-refractivity contribution in [2.45, 2.75) is 118 Å². The normalized spacial score (nSPS) is 16.2. The van der Waals surface area contributed by atoms with Crippen molar-refractivity contribution in [2.24, 2.45) is 5.92 Å². The average molecular weight is 502 g/mol. The van der Waals surface area contributed by atoms with Gasteiger partial charge in [0.15, 0.2) is 0 Å². The van der Waals surface area contributed by atoms with E-state index in [0.29, 0.717) is 13.0 Å². The molecule has 2 unspecified atom stereocenters. The molecule has 0 saturated heterocycles. The molecule has 1 saturated carbocycles. The summed E-state index contributed by atoms with van der Waals surface area (Å²) in [6.07, 6.45) is 5.13. The first kappa shape index (κ1) is 29.7. The number of ether oxygens (including phenoxy) is 1. The summed E-state index contributed by atoms with van der Waals surface area (Å²) >= 11 is 0. The summed E-state index contributed by atoms with van der Waals surface area (Å²) in [6, 6.07) is 4.43. The number of carbonyl (C=O) groups is 3. The fraction of sp³-hybridized carbons (Fsp3) is 0.690. The monoisotopic (exact) mass is 501 g/mol. The van der Waals surface area contributed by atoms with Crippen LogP contribution in [0.1, 0.15) is 103 Å². The number of alkyl carbamates (subject to hydrolysis) is 1. The van der Waals surface area contributed by atoms with Crippen LogP contribution in [0.25, 0.3) is 0 Å². The predicted molar refractivity (Wildman–Crippen MR) is 144 cm³/mol. The highest BCUT2D eigenvalue weighted by Crippen LogP contribution is 2.29. The quantitative estimate of drug-likeness (QED) is 0.462. The summed E-state index contributed by atoms with van der Waals surface area (Å²) in [4.78, 5) is 42.0. The zero-order valence-corrected chi connectivity index (χ0v) is 23.6. The maximum absolute atomic E-state index is 14.0. The molecule has 1 fully saturated rings. The molecule has 1 aromatic rings. The van der Waals surface area contributed by atoms with Crippen molar-refractivity contribution in [1.82, 2.24) is 15.5 Å². The van der Waals surface area contributed by atoms with Crippen LogP contribution in [0.15, 0.2) is 18.2 Å². The summed E-state index contributed by atoms with van der Waals surface area (Å²) < 4.78 is 5.44. The molecule has 0 bridgehead atoms. The zero-order chi connectivity index (χ0) is 27.0. The molecular weight excluding hydrogens is 454 g/mol. The van der Waals surface area contributed by atoms with Gasteiger partial charge in [0.25, 0.3) is 0 Å². The Hall–Kier alpha value is -2.57. The number of rotatable bonds is 9. The summed E-state index contributed by atoms with van der Waals surface area (Å²) in [7, 11) is 0. The van der Waals surface area contributed by atoms with Gasteiger partial charge in [0, 0.05) is 12.6 Å². The van der Waals surface area contributed by atoms with Crippen LogP contribution in [-0.2, 0) is 14.3 Å². The SMILES string of the molecule is CCN(C(=O)C(CC(C)C)NC(=O)OC(C)(C)C)C(C(=O)NC1CCCCC1)c1cccc(C)c1C. The van der Waals surface area contributed by atoms with Crippen molar-refractivity contribution in [3.05, 3.63) is 34.9 Å². The Balaban J connectivity index is 2.43. The van der Waals surface area contributed by atoms with Crippen molar-refractivity contribution in [2.75, 3.05) is 6.54 Å². The van der Waals surface area contributed by atoms with Crippen LogP contribution in [0.2, 0.25) is 0 Å². The van der Waals surface area contributed by atoms with Gasteiger partial charge in [-0.15, -0.1) is 0 Å². The molecule has 0 spiro atoms. The number of nitrogens with zero attached hydrogens (tertiary/aromatic N) is 1. The molecule has 0 aromatic heterocycles. The highest BCUT2D eigenvalue weighted by atomic mass is 16.6. The average Bonchev–Trinajstić information content (AvgIpc) is 2.77. The van der Waals surface area contributed by atoms with Crippen LogP contribution in [0.4, 0.5) is 4.79 Å². The Bertz CT molecular complexity index is 900. The molecule has 1 aliphatic carbocycles. The molecule has 0 aliphatic heterocycles. The molecule has 0 radical (unpaired) electrons. The van der Waals surface area contributed by atoms with Crippen LogP contribution in [-0.4, -0.2) is 47.0 Å². The Morgan fingerprint density at radius 1 is 1.08 bits per heavy atom. The molecule has 2 rings (SSSR count). The molecule has 202 valence electrons. The number of aryl methyl sites for hydroxylation is 1. The predicted octanol–water partition coefficient (Wildman–Crippen LogP) is 5.58. The number of carbonyl (C=O) groups excluding carboxylic acids is 3. The zero-order valence-electron chi connectivity index (χ0n) is 23.6. The topological polar surface area (TPSA) is 87.7 Å². The molecule has 1 aromatic carbocycles. The molecule has 1 aliphatic rings. The van der Waals surface area contributed by atoms with E-state index >= 15 is 0 Å². The lowest BCUT2D eigenvalue weighted by molar-refractivity contribution is -0.143. The van der Waals surface area contributed by atoms with Gasteiger partial charge in [0.2, 0.25) is 11.8 Å². The third kappa shape index (κ3) is 8.52. The number of likely N-dealkylation sites (N-methyl/N-ethyl adjacent to an activating group) is 1. The standard InChI is InChI=1S/C29H47N3O4/c1-9-32(27(34)24(18-19(2)3)31-28(35)36-29(6,7)8)25(23-17-13-14-20(4)21(23)5)26(33)30-22-15-11-10-12-16-22/h13-14,17,19,22,24-25H,9-12,15-16,18H2,1-8H3,(H,30,33)(H,31,35). The van der Waals surface area contributed by atoms with E-state index in [1.54, 1.807) is 25.7 Å². The van der Waals surface area contributed by atoms with E-state index in [-0.39, 0.29) is 23.8 Å². The van der Waals surface area contributed by atoms with Gasteiger partial charge >= 0.3 is 6.09 Å². The van der Waals surface area contributed by atoms with Crippen LogP contribution >= 0.6 is 0 Å². The highest BCUT2D eigenvalue weighted by molar-refractivity contribution is 5.92. The van der Waals surface area contributed by atoms with E-state index in [9.17, 15) is 14.4 Å². The minimum Gasteiger partial charge on any atom is -0.444 e. The van der Waals surface area contributed by atoms with Crippen LogP contribution < -0.4 is 10.6 Å². The molecule has 7 nitrogen and oxygen atoms in total. The van der Waals surface area contributed by atoms with Gasteiger partial charge in [-0.2, -0.15) is 0 Å². The van der Waals surface area contributed by atoms with E-state index < -0.39 is 23.8 Å². The van der Waals surface area contributed by atoms with Gasteiger partial charge in [-0.1, -0.05) is 51.3 Å². The van der Waals surface area contributed by atoms with E-state index in [0.717, 1.165) is 42.4 Å². The Labute approximate surface area is 217 Å². The molecular formula is C29H47N3O4. The van der Waals surface area contributed by atoms with E-state index in [4.69, 9.17) is 4.74 Å². The second kappa shape index (κ2) is 13.1. The number of nitrogens with one attached hydrogen (secondary N) is 2. The lowest BCUT2D eigenvalue weighted by Crippen LogP contribution is -2.54. The van der Waals surface area contributed by atoms with Crippen molar-refractivity contribution in [3.63, 3.8) is 0 Å². The second-order valence-corrected chi connectivity index (χ2v) is 11.5. The van der Waals surface area contributed by atoms with Gasteiger partial charge < -0.3 is 20.3 Å². The molecule has 2 atom stereocenters. The summed E-state index contributed by atoms with van der Waals surface area (Å²) in [5.41, 5.74) is 2.20. The largest absolute Gasteiger partial charge is 0.444 e. The third-order valence-corrected chi connectivity index (χ3v) is 6.77. The van der Waals surface area contributed by atoms with Gasteiger partial charge in [0.05, 0.1) is 0 Å². The lowest BCUT2D eigenvalue weighted by atomic mass is 9.92. The maximum atomic E-state index is 14.0. The summed E-state index contributed by atoms with van der Waals surface area (Å²) in [5, 5.41) is 6.03. The molecule has 36 heavy (non-hydrogen) atoms. The minimum absolute atomic E-state index is 0.124. The fourth-order valence-corrected chi connectivity index (χ4v) is 4.86. The van der Waals surface area contributed by atoms with Crippen molar-refractivity contribution >= 4 is 17.9 Å². The van der Waals surface area contributed by atoms with Crippen LogP contribution in [0.5, 0.6) is 0 Å². The van der Waals surface area contributed by atoms with Crippen LogP contribution in [0.3, 0.4) is 0 Å². The van der Waals surface area contributed by atoms with Crippen molar-refractivity contribution in [3.8, 4) is 0 Å². The van der Waals surface area contributed by atoms with Gasteiger partial charge in [0.1, 0.15) is 17.7 Å². The highest BCUT2D eigenvalue weighted by Gasteiger charge is 2.37. The Morgan fingerprint density at radius 3 is 2.28 bits per heavy atom. The lowest BCUT2D eigenvalue weighted by Gasteiger charge is -2.36.